The first-order valence-corrected chi connectivity index (χ1v) is 38.3. The molecule has 136 heavy (non-hydrogen) atoms. The van der Waals surface area contributed by atoms with E-state index in [0.29, 0.717) is 6.92 Å². The lowest BCUT2D eigenvalue weighted by molar-refractivity contribution is -0.181. The van der Waals surface area contributed by atoms with Gasteiger partial charge < -0.3 is 205 Å². The third-order valence-corrected chi connectivity index (χ3v) is 23.7. The van der Waals surface area contributed by atoms with Crippen molar-refractivity contribution in [2.45, 2.75) is 80.6 Å². The van der Waals surface area contributed by atoms with E-state index in [4.69, 9.17) is 52.1 Å². The van der Waals surface area contributed by atoms with Crippen molar-refractivity contribution in [2.75, 3.05) is 13.2 Å². The van der Waals surface area contributed by atoms with Crippen LogP contribution < -0.4 is 4.74 Å². The highest BCUT2D eigenvalue weighted by Crippen LogP contribution is 2.66. The number of rotatable bonds is 5. The van der Waals surface area contributed by atoms with Crippen LogP contribution in [0.4, 0.5) is 0 Å². The molecule has 10 aromatic rings. The Bertz CT molecular complexity index is 7290. The number of cyclic esters (lactones) is 3. The van der Waals surface area contributed by atoms with E-state index in [1.54, 1.807) is 0 Å². The summed E-state index contributed by atoms with van der Waals surface area (Å²) in [4.78, 5) is 154. The van der Waals surface area contributed by atoms with Crippen molar-refractivity contribution in [3.8, 4) is 234 Å². The number of hydrogen-bond acceptors (Lipinski definition) is 51. The molecular weight excluding hydrogens is 1840 g/mol. The maximum atomic E-state index is 16.3. The third kappa shape index (κ3) is 12.4. The highest BCUT2D eigenvalue weighted by molar-refractivity contribution is 6.18. The van der Waals surface area contributed by atoms with Gasteiger partial charge in [0.2, 0.25) is 63.2 Å². The molecule has 0 spiro atoms. The van der Waals surface area contributed by atoms with Crippen molar-refractivity contribution in [3.05, 3.63) is 109 Å². The molecule has 0 radical (unpaired) electrons. The van der Waals surface area contributed by atoms with Crippen molar-refractivity contribution in [1.82, 2.24) is 0 Å². The fourth-order valence-electron chi connectivity index (χ4n) is 17.3. The number of hydrogen-bond donors (Lipinski definition) is 30. The maximum absolute atomic E-state index is 16.3. The zero-order chi connectivity index (χ0) is 99.1. The summed E-state index contributed by atoms with van der Waals surface area (Å²) >= 11 is 0. The second-order valence-electron chi connectivity index (χ2n) is 31.7. The summed E-state index contributed by atoms with van der Waals surface area (Å²) in [6.07, 6.45) is -24.5. The molecule has 0 unspecified atom stereocenters. The highest BCUT2D eigenvalue weighted by Gasteiger charge is 2.62. The maximum Gasteiger partial charge on any atom is 0.342 e. The number of esters is 10. The SMILES string of the molecule is CC1(C)c2c(O)c(O)c(O)c3c2C(=O)O[C@@H]1[C@H]([C@@H]1OC(=O)c2cc(O)c(O)c(O)c2-c2c(cc(O)c(O)c2O)C(=O)OC[C@H]1OC(=O)c1cc(O)c(O)c(O)c1Oc1cc2c(c(O)c1O)-c1c(cc(O)c(O)c1O)C(=O)OC[C@@H]1OC(=O)c4cc(O)c(O)c(O)c4-c4c(O)c(O)c(O)c5c4C(=O)O[C@@H]([C@H]1OC2=O)[C@H]1OC(=O)c2c-5c(O)c(O)c(O)c2[C@@]1(C)O)OC(=O)c1cc(O)c(O)c(O)c1-3. The van der Waals surface area contributed by atoms with Crippen LogP contribution in [-0.2, 0) is 58.4 Å². The summed E-state index contributed by atoms with van der Waals surface area (Å²) in [5, 5.41) is 348. The number of benzene rings is 10. The highest BCUT2D eigenvalue weighted by atomic mass is 16.7. The Morgan fingerprint density at radius 1 is 0.279 bits per heavy atom. The van der Waals surface area contributed by atoms with Crippen LogP contribution in [0, 0.1) is 0 Å². The molecule has 10 aromatic carbocycles. The molecule has 0 aliphatic carbocycles. The van der Waals surface area contributed by atoms with E-state index in [1.807, 2.05) is 0 Å². The molecule has 0 amide bonds. The molecule has 9 heterocycles. The standard InChI is InChI=1S/C85H58O51/c1-84(2)42-40-36(58(106)64(112)61(42)109)34-17(8-24(90)48(96)55(34)103)78(119)133-70(72(84)135-82(40)123)68-27(11-126-74(115)13-4-20(86)44(92)51(99)29(13)31-15(77(118)131-68)6-22(88)46(94)53(31)101)130-80(121)19-9-25(91)49(97)66(114)67(19)128-26-10-18-32(56(104)50(26)98)30-14(5-21(87)45(93)52(30)100)75(116)127-12-28-69(132-79(18)120)71-73-85(3,125)43-41(83(124)136-73)38(60(108)65(113)62(43)110)37-39(81(122)134-71)35(57(105)63(111)59(37)107)33-16(76(117)129-28)7-23(89)47(95)54(33)102/h4-10,27-28,68-73,86-114,125H,11-12H2,1-3H3/t27-,28+,68-,69+,70+,71+,72-,73-,85-/m1/s1. The van der Waals surface area contributed by atoms with Gasteiger partial charge in [0.1, 0.15) is 24.4 Å². The van der Waals surface area contributed by atoms with Gasteiger partial charge >= 0.3 is 59.7 Å². The number of aromatic hydroxyl groups is 29. The zero-order valence-electron chi connectivity index (χ0n) is 67.6. The Balaban J connectivity index is 0.869. The van der Waals surface area contributed by atoms with Crippen LogP contribution in [0.5, 0.6) is 178 Å². The smallest absolute Gasteiger partial charge is 0.342 e. The largest absolute Gasteiger partial charge is 0.504 e. The van der Waals surface area contributed by atoms with Crippen molar-refractivity contribution < 1.29 is 253 Å². The van der Waals surface area contributed by atoms with Gasteiger partial charge in [0.05, 0.1) is 50.1 Å². The predicted molar refractivity (Wildman–Crippen MR) is 425 cm³/mol. The van der Waals surface area contributed by atoms with Gasteiger partial charge in [-0.25, -0.2) is 47.9 Å². The summed E-state index contributed by atoms with van der Waals surface area (Å²) in [7, 11) is 0. The van der Waals surface area contributed by atoms with E-state index in [1.165, 1.54) is 0 Å². The molecule has 9 atom stereocenters. The van der Waals surface area contributed by atoms with Gasteiger partial charge in [0.25, 0.3) is 0 Å². The van der Waals surface area contributed by atoms with Crippen LogP contribution in [0.1, 0.15) is 135 Å². The molecule has 0 aromatic heterocycles. The van der Waals surface area contributed by atoms with Gasteiger partial charge in [0.15, 0.2) is 164 Å². The molecule has 19 rings (SSSR count). The summed E-state index contributed by atoms with van der Waals surface area (Å²) in [5.41, 5.74) is -37.5. The fourth-order valence-corrected chi connectivity index (χ4v) is 17.3. The number of aliphatic hydroxyl groups is 1. The van der Waals surface area contributed by atoms with E-state index in [2.05, 4.69) is 0 Å². The molecule has 10 bridgehead atoms. The van der Waals surface area contributed by atoms with Crippen LogP contribution >= 0.6 is 0 Å². The third-order valence-electron chi connectivity index (χ3n) is 23.7. The van der Waals surface area contributed by atoms with Gasteiger partial charge in [-0.05, 0) is 37.3 Å². The first kappa shape index (κ1) is 88.9. The molecule has 0 fully saturated rings. The lowest BCUT2D eigenvalue weighted by Gasteiger charge is -2.46. The average molecular weight is 1900 g/mol. The van der Waals surface area contributed by atoms with E-state index < -0.39 is 433 Å². The summed E-state index contributed by atoms with van der Waals surface area (Å²) in [5.74, 6) is -74.8. The van der Waals surface area contributed by atoms with Crippen LogP contribution in [0.25, 0.3) is 55.6 Å². The predicted octanol–water partition coefficient (Wildman–Crippen LogP) is 4.47. The van der Waals surface area contributed by atoms with E-state index in [0.717, 1.165) is 13.8 Å². The van der Waals surface area contributed by atoms with Crippen molar-refractivity contribution in [3.63, 3.8) is 0 Å². The molecular formula is C85H58O51. The van der Waals surface area contributed by atoms with E-state index in [-0.39, 0.29) is 42.5 Å². The van der Waals surface area contributed by atoms with Crippen molar-refractivity contribution in [2.24, 2.45) is 0 Å². The number of phenolic OH excluding ortho intramolecular Hbond substituents is 29. The Morgan fingerprint density at radius 3 is 1.04 bits per heavy atom. The first-order valence-electron chi connectivity index (χ1n) is 38.3. The minimum Gasteiger partial charge on any atom is -0.504 e. The summed E-state index contributed by atoms with van der Waals surface area (Å²) < 4.78 is 64.1. The number of fused-ring (bicyclic) bond motifs is 13. The molecule has 9 aliphatic rings. The van der Waals surface area contributed by atoms with E-state index in [9.17, 15) is 158 Å². The number of carbonyl (C=O) groups excluding carboxylic acids is 10. The molecule has 30 N–H and O–H groups in total. The number of ether oxygens (including phenoxy) is 11. The summed E-state index contributed by atoms with van der Waals surface area (Å²) in [6, 6.07) is 1.09. The van der Waals surface area contributed by atoms with Crippen LogP contribution in [0.15, 0.2) is 42.5 Å². The van der Waals surface area contributed by atoms with Crippen LogP contribution in [-0.4, -0.2) is 275 Å². The average Bonchev–Trinajstić information content (AvgIpc) is 0.894. The molecule has 0 saturated carbocycles. The molecule has 9 aliphatic heterocycles. The fraction of sp³-hybridized carbons (Fsp3) is 0.176. The van der Waals surface area contributed by atoms with Gasteiger partial charge in [-0.15, -0.1) is 0 Å². The van der Waals surface area contributed by atoms with Gasteiger partial charge in [-0.2, -0.15) is 0 Å². The molecule has 51 heteroatoms. The topological polar surface area (TPSA) is 879 Å². The van der Waals surface area contributed by atoms with E-state index >= 15 is 43.2 Å². The van der Waals surface area contributed by atoms with Crippen LogP contribution in [0.3, 0.4) is 0 Å². The summed E-state index contributed by atoms with van der Waals surface area (Å²) in [6.45, 7) is -1.30. The van der Waals surface area contributed by atoms with Gasteiger partial charge in [-0.3, -0.25) is 0 Å². The number of carbonyl (C=O) groups is 10. The first-order chi connectivity index (χ1) is 63.7. The van der Waals surface area contributed by atoms with Gasteiger partial charge in [-0.1, -0.05) is 13.8 Å². The number of phenols is 29. The Labute approximate surface area is 747 Å². The lowest BCUT2D eigenvalue weighted by Crippen LogP contribution is -2.60. The van der Waals surface area contributed by atoms with Gasteiger partial charge in [0, 0.05) is 84.3 Å². The normalized spacial score (nSPS) is 20.6. The Morgan fingerprint density at radius 2 is 0.581 bits per heavy atom. The molecule has 0 saturated heterocycles. The second-order valence-corrected chi connectivity index (χ2v) is 31.7. The monoisotopic (exact) mass is 1890 g/mol. The minimum absolute atomic E-state index is 0.0172. The van der Waals surface area contributed by atoms with Crippen LogP contribution in [0.2, 0.25) is 0 Å². The molecule has 704 valence electrons. The van der Waals surface area contributed by atoms with Crippen molar-refractivity contribution >= 4 is 59.7 Å². The van der Waals surface area contributed by atoms with Crippen molar-refractivity contribution in [1.29, 1.82) is 0 Å². The zero-order valence-corrected chi connectivity index (χ0v) is 67.6. The Kier molecular flexibility index (Phi) is 19.6. The second kappa shape index (κ2) is 30.0. The quantitative estimate of drug-likeness (QED) is 0.0642. The lowest BCUT2D eigenvalue weighted by atomic mass is 9.69. The molecule has 51 nitrogen and oxygen atoms in total. The minimum atomic E-state index is -3.49. The Hall–Kier alpha value is -19.1.